The van der Waals surface area contributed by atoms with Crippen LogP contribution >= 0.6 is 0 Å². The lowest BCUT2D eigenvalue weighted by molar-refractivity contribution is -0.138. The van der Waals surface area contributed by atoms with Gasteiger partial charge in [0.05, 0.1) is 13.0 Å². The summed E-state index contributed by atoms with van der Waals surface area (Å²) in [4.78, 5) is 42.5. The summed E-state index contributed by atoms with van der Waals surface area (Å²) in [6, 6.07) is 14.7. The Labute approximate surface area is 201 Å². The number of piperidine rings is 2. The summed E-state index contributed by atoms with van der Waals surface area (Å²) in [6.45, 7) is 4.23. The van der Waals surface area contributed by atoms with E-state index in [-0.39, 0.29) is 29.6 Å². The van der Waals surface area contributed by atoms with E-state index in [1.807, 2.05) is 36.1 Å². The number of amides is 3. The molecule has 2 aliphatic heterocycles. The molecule has 0 aliphatic carbocycles. The lowest BCUT2D eigenvalue weighted by atomic mass is 9.88. The summed E-state index contributed by atoms with van der Waals surface area (Å²) < 4.78 is 5.17. The van der Waals surface area contributed by atoms with Gasteiger partial charge < -0.3 is 19.9 Å². The van der Waals surface area contributed by atoms with E-state index in [1.165, 1.54) is 0 Å². The summed E-state index contributed by atoms with van der Waals surface area (Å²) in [7, 11) is 1.60. The van der Waals surface area contributed by atoms with Crippen molar-refractivity contribution in [3.05, 3.63) is 59.7 Å². The number of likely N-dealkylation sites (tertiary alicyclic amines) is 2. The number of carbonyl (C=O) groups is 3. The Balaban J connectivity index is 1.29. The number of anilines is 1. The molecule has 0 aromatic heterocycles. The van der Waals surface area contributed by atoms with Crippen LogP contribution in [-0.4, -0.2) is 60.8 Å². The number of aryl methyl sites for hydroxylation is 1. The van der Waals surface area contributed by atoms with Crippen LogP contribution < -0.4 is 10.1 Å². The van der Waals surface area contributed by atoms with Crippen molar-refractivity contribution >= 4 is 23.4 Å². The Morgan fingerprint density at radius 1 is 0.912 bits per heavy atom. The first-order valence-corrected chi connectivity index (χ1v) is 12.0. The number of ketones is 1. The van der Waals surface area contributed by atoms with Gasteiger partial charge >= 0.3 is 6.03 Å². The van der Waals surface area contributed by atoms with Gasteiger partial charge in [-0.2, -0.15) is 0 Å². The van der Waals surface area contributed by atoms with E-state index in [2.05, 4.69) is 5.32 Å². The van der Waals surface area contributed by atoms with Crippen LogP contribution in [-0.2, 0) is 4.79 Å². The highest BCUT2D eigenvalue weighted by Crippen LogP contribution is 2.26. The van der Waals surface area contributed by atoms with Gasteiger partial charge in [0.15, 0.2) is 5.78 Å². The molecule has 2 aliphatic rings. The predicted octanol–water partition coefficient (Wildman–Crippen LogP) is 4.37. The number of nitrogens with zero attached hydrogens (tertiary/aromatic N) is 2. The van der Waals surface area contributed by atoms with Crippen LogP contribution in [0.5, 0.6) is 5.75 Å². The van der Waals surface area contributed by atoms with E-state index in [1.54, 1.807) is 36.3 Å². The number of urea groups is 1. The number of rotatable bonds is 5. The molecule has 1 N–H and O–H groups in total. The van der Waals surface area contributed by atoms with Gasteiger partial charge in [0.1, 0.15) is 5.75 Å². The molecule has 0 spiro atoms. The highest BCUT2D eigenvalue weighted by molar-refractivity contribution is 5.98. The molecule has 0 bridgehead atoms. The maximum Gasteiger partial charge on any atom is 0.321 e. The quantitative estimate of drug-likeness (QED) is 0.668. The van der Waals surface area contributed by atoms with Crippen molar-refractivity contribution in [1.82, 2.24) is 9.80 Å². The molecular formula is C27H33N3O4. The zero-order valence-electron chi connectivity index (χ0n) is 20.0. The maximum absolute atomic E-state index is 13.2. The Bertz CT molecular complexity index is 1030. The number of hydrogen-bond acceptors (Lipinski definition) is 4. The van der Waals surface area contributed by atoms with E-state index < -0.39 is 0 Å². The van der Waals surface area contributed by atoms with Gasteiger partial charge in [0.2, 0.25) is 5.91 Å². The number of carbonyl (C=O) groups excluding carboxylic acids is 3. The minimum atomic E-state index is -0.189. The maximum atomic E-state index is 13.2. The molecule has 1 atom stereocenters. The van der Waals surface area contributed by atoms with Crippen LogP contribution in [0.4, 0.5) is 10.5 Å². The predicted molar refractivity (Wildman–Crippen MR) is 131 cm³/mol. The smallest absolute Gasteiger partial charge is 0.321 e. The first-order chi connectivity index (χ1) is 16.4. The van der Waals surface area contributed by atoms with Gasteiger partial charge in [0, 0.05) is 43.3 Å². The molecule has 2 aromatic carbocycles. The minimum Gasteiger partial charge on any atom is -0.497 e. The summed E-state index contributed by atoms with van der Waals surface area (Å²) in [5.41, 5.74) is 2.54. The van der Waals surface area contributed by atoms with Crippen LogP contribution in [0.3, 0.4) is 0 Å². The number of ether oxygens (including phenoxy) is 1. The molecule has 0 radical (unpaired) electrons. The number of Topliss-reactive ketones (excluding diaryl/α,β-unsaturated/α-hetero) is 1. The fourth-order valence-corrected chi connectivity index (χ4v) is 4.90. The molecule has 34 heavy (non-hydrogen) atoms. The summed E-state index contributed by atoms with van der Waals surface area (Å²) >= 11 is 0. The summed E-state index contributed by atoms with van der Waals surface area (Å²) in [6.07, 6.45) is 2.93. The molecule has 2 heterocycles. The van der Waals surface area contributed by atoms with Crippen molar-refractivity contribution in [2.75, 3.05) is 38.6 Å². The van der Waals surface area contributed by atoms with Crippen molar-refractivity contribution < 1.29 is 19.1 Å². The van der Waals surface area contributed by atoms with E-state index >= 15 is 0 Å². The fourth-order valence-electron chi connectivity index (χ4n) is 4.90. The Kier molecular flexibility index (Phi) is 7.50. The van der Waals surface area contributed by atoms with Gasteiger partial charge in [0.25, 0.3) is 0 Å². The number of benzene rings is 2. The van der Waals surface area contributed by atoms with Crippen LogP contribution in [0.25, 0.3) is 0 Å². The van der Waals surface area contributed by atoms with E-state index in [0.29, 0.717) is 44.6 Å². The molecule has 2 fully saturated rings. The van der Waals surface area contributed by atoms with Gasteiger partial charge in [-0.3, -0.25) is 9.59 Å². The standard InChI is InChI=1S/C27H33N3O4/c1-19-5-3-7-23(17-19)28-27(33)30-14-4-6-22(18-30)26(32)29-15-12-21(13-16-29)25(31)20-8-10-24(34-2)11-9-20/h3,5,7-11,17,21-22H,4,6,12-16,18H2,1-2H3,(H,28,33). The lowest BCUT2D eigenvalue weighted by Crippen LogP contribution is -2.49. The van der Waals surface area contributed by atoms with E-state index in [9.17, 15) is 14.4 Å². The zero-order chi connectivity index (χ0) is 24.1. The molecule has 2 saturated heterocycles. The normalized spacial score (nSPS) is 18.9. The van der Waals surface area contributed by atoms with Gasteiger partial charge in [-0.1, -0.05) is 12.1 Å². The first-order valence-electron chi connectivity index (χ1n) is 12.0. The highest BCUT2D eigenvalue weighted by atomic mass is 16.5. The number of methoxy groups -OCH3 is 1. The van der Waals surface area contributed by atoms with Crippen LogP contribution in [0.2, 0.25) is 0 Å². The third-order valence-electron chi connectivity index (χ3n) is 6.88. The number of hydrogen-bond donors (Lipinski definition) is 1. The third kappa shape index (κ3) is 5.58. The zero-order valence-corrected chi connectivity index (χ0v) is 20.0. The van der Waals surface area contributed by atoms with Crippen molar-refractivity contribution in [3.63, 3.8) is 0 Å². The van der Waals surface area contributed by atoms with Crippen LogP contribution in [0, 0.1) is 18.8 Å². The number of nitrogens with one attached hydrogen (secondary N) is 1. The highest BCUT2D eigenvalue weighted by Gasteiger charge is 2.34. The largest absolute Gasteiger partial charge is 0.497 e. The SMILES string of the molecule is COc1ccc(C(=O)C2CCN(C(=O)C3CCCN(C(=O)Nc4cccc(C)c4)C3)CC2)cc1. The average molecular weight is 464 g/mol. The van der Waals surface area contributed by atoms with E-state index in [0.717, 1.165) is 29.8 Å². The van der Waals surface area contributed by atoms with Gasteiger partial charge in [-0.15, -0.1) is 0 Å². The molecule has 7 heteroatoms. The van der Waals surface area contributed by atoms with Gasteiger partial charge in [-0.05, 0) is 74.6 Å². The lowest BCUT2D eigenvalue weighted by Gasteiger charge is -2.37. The molecule has 1 unspecified atom stereocenters. The van der Waals surface area contributed by atoms with Crippen molar-refractivity contribution in [2.24, 2.45) is 11.8 Å². The second-order valence-corrected chi connectivity index (χ2v) is 9.28. The topological polar surface area (TPSA) is 79.0 Å². The van der Waals surface area contributed by atoms with Crippen molar-refractivity contribution in [2.45, 2.75) is 32.6 Å². The molecule has 2 aromatic rings. The van der Waals surface area contributed by atoms with Crippen LogP contribution in [0.15, 0.2) is 48.5 Å². The van der Waals surface area contributed by atoms with Crippen molar-refractivity contribution in [3.8, 4) is 5.75 Å². The van der Waals surface area contributed by atoms with Crippen molar-refractivity contribution in [1.29, 1.82) is 0 Å². The second-order valence-electron chi connectivity index (χ2n) is 9.28. The summed E-state index contributed by atoms with van der Waals surface area (Å²) in [5.74, 6) is 0.701. The molecule has 7 nitrogen and oxygen atoms in total. The minimum absolute atomic E-state index is 0.0691. The Hall–Kier alpha value is -3.35. The first kappa shape index (κ1) is 23.8. The molecule has 180 valence electrons. The third-order valence-corrected chi connectivity index (χ3v) is 6.88. The van der Waals surface area contributed by atoms with E-state index in [4.69, 9.17) is 4.74 Å². The molecule has 0 saturated carbocycles. The molecule has 3 amide bonds. The Morgan fingerprint density at radius 3 is 2.32 bits per heavy atom. The monoisotopic (exact) mass is 463 g/mol. The van der Waals surface area contributed by atoms with Crippen LogP contribution in [0.1, 0.15) is 41.6 Å². The molecule has 4 rings (SSSR count). The van der Waals surface area contributed by atoms with Gasteiger partial charge in [-0.25, -0.2) is 4.79 Å². The Morgan fingerprint density at radius 2 is 1.65 bits per heavy atom. The summed E-state index contributed by atoms with van der Waals surface area (Å²) in [5, 5.41) is 2.95. The fraction of sp³-hybridized carbons (Fsp3) is 0.444. The average Bonchev–Trinajstić information content (AvgIpc) is 2.88. The second kappa shape index (κ2) is 10.7. The molecular weight excluding hydrogens is 430 g/mol.